The van der Waals surface area contributed by atoms with Gasteiger partial charge in [-0.3, -0.25) is 4.99 Å². The standard InChI is InChI=1S/C22H38N4O4.HI/c1-7-23-20(24-12-9-13-25-21(28)30-22(4,5)6)26-15-19(27)17-10-8-11-18(14-17)29-16(2)3;/h8,10-11,14,16,19,27H,7,9,12-13,15H2,1-6H3,(H,25,28)(H2,23,24,26);1H. The normalized spacial score (nSPS) is 12.6. The number of halogens is 1. The number of ether oxygens (including phenoxy) is 2. The van der Waals surface area contributed by atoms with Crippen LogP contribution in [0.25, 0.3) is 0 Å². The molecule has 0 aliphatic carbocycles. The molecule has 9 heteroatoms. The Labute approximate surface area is 203 Å². The van der Waals surface area contributed by atoms with E-state index in [1.165, 1.54) is 0 Å². The van der Waals surface area contributed by atoms with Crippen LogP contribution in [0.3, 0.4) is 0 Å². The van der Waals surface area contributed by atoms with E-state index >= 15 is 0 Å². The predicted octanol–water partition coefficient (Wildman–Crippen LogP) is 3.60. The topological polar surface area (TPSA) is 104 Å². The summed E-state index contributed by atoms with van der Waals surface area (Å²) in [4.78, 5) is 16.1. The number of hydrogen-bond acceptors (Lipinski definition) is 5. The zero-order valence-electron chi connectivity index (χ0n) is 19.5. The van der Waals surface area contributed by atoms with Crippen molar-refractivity contribution in [1.29, 1.82) is 0 Å². The molecular formula is C22H39IN4O4. The van der Waals surface area contributed by atoms with Gasteiger partial charge >= 0.3 is 6.09 Å². The van der Waals surface area contributed by atoms with Crippen LogP contribution in [0.2, 0.25) is 0 Å². The van der Waals surface area contributed by atoms with E-state index in [1.54, 1.807) is 0 Å². The molecule has 4 N–H and O–H groups in total. The third-order valence-corrected chi connectivity index (χ3v) is 3.70. The van der Waals surface area contributed by atoms with Crippen LogP contribution in [0.4, 0.5) is 4.79 Å². The largest absolute Gasteiger partial charge is 0.491 e. The molecule has 0 bridgehead atoms. The lowest BCUT2D eigenvalue weighted by atomic mass is 10.1. The molecule has 1 aromatic rings. The minimum atomic E-state index is -0.731. The lowest BCUT2D eigenvalue weighted by Crippen LogP contribution is -2.39. The van der Waals surface area contributed by atoms with Gasteiger partial charge in [-0.25, -0.2) is 4.79 Å². The number of aliphatic imine (C=N–C) groups is 1. The van der Waals surface area contributed by atoms with Gasteiger partial charge in [-0.1, -0.05) is 12.1 Å². The number of hydrogen-bond donors (Lipinski definition) is 4. The second-order valence-electron chi connectivity index (χ2n) is 8.18. The summed E-state index contributed by atoms with van der Waals surface area (Å²) in [6.07, 6.45) is -0.370. The molecule has 0 aliphatic rings. The third kappa shape index (κ3) is 14.0. The fourth-order valence-corrected chi connectivity index (χ4v) is 2.49. The van der Waals surface area contributed by atoms with Gasteiger partial charge in [0.25, 0.3) is 0 Å². The smallest absolute Gasteiger partial charge is 0.407 e. The van der Waals surface area contributed by atoms with Crippen molar-refractivity contribution in [3.63, 3.8) is 0 Å². The van der Waals surface area contributed by atoms with Crippen molar-refractivity contribution in [2.24, 2.45) is 4.99 Å². The minimum Gasteiger partial charge on any atom is -0.491 e. The average molecular weight is 550 g/mol. The number of nitrogens with one attached hydrogen (secondary N) is 3. The van der Waals surface area contributed by atoms with Crippen LogP contribution in [0, 0.1) is 0 Å². The monoisotopic (exact) mass is 550 g/mol. The van der Waals surface area contributed by atoms with Crippen LogP contribution < -0.4 is 20.7 Å². The Balaban J connectivity index is 0.00000900. The van der Waals surface area contributed by atoms with E-state index in [1.807, 2.05) is 65.8 Å². The Kier molecular flexibility index (Phi) is 14.3. The van der Waals surface area contributed by atoms with Gasteiger partial charge in [0.05, 0.1) is 18.8 Å². The fraction of sp³-hybridized carbons (Fsp3) is 0.636. The number of rotatable bonds is 10. The highest BCUT2D eigenvalue weighted by Gasteiger charge is 2.15. The number of amides is 1. The molecule has 1 amide bonds. The van der Waals surface area contributed by atoms with Crippen molar-refractivity contribution < 1.29 is 19.4 Å². The summed E-state index contributed by atoms with van der Waals surface area (Å²) < 4.78 is 10.9. The van der Waals surface area contributed by atoms with E-state index in [4.69, 9.17) is 9.47 Å². The summed E-state index contributed by atoms with van der Waals surface area (Å²) in [5.41, 5.74) is 0.253. The minimum absolute atomic E-state index is 0. The molecule has 1 atom stereocenters. The summed E-state index contributed by atoms with van der Waals surface area (Å²) in [5, 5.41) is 19.5. The second kappa shape index (κ2) is 15.1. The van der Waals surface area contributed by atoms with Gasteiger partial charge in [-0.15, -0.1) is 24.0 Å². The van der Waals surface area contributed by atoms with Gasteiger partial charge in [0.2, 0.25) is 0 Å². The van der Waals surface area contributed by atoms with E-state index in [0.29, 0.717) is 32.0 Å². The molecule has 0 saturated heterocycles. The summed E-state index contributed by atoms with van der Waals surface area (Å²) in [7, 11) is 0. The van der Waals surface area contributed by atoms with Crippen LogP contribution in [0.5, 0.6) is 5.75 Å². The molecule has 178 valence electrons. The SMILES string of the molecule is CCNC(=NCC(O)c1cccc(OC(C)C)c1)NCCCNC(=O)OC(C)(C)C.I. The quantitative estimate of drug-likeness (QED) is 0.154. The van der Waals surface area contributed by atoms with Crippen molar-refractivity contribution in [3.05, 3.63) is 29.8 Å². The first-order chi connectivity index (χ1) is 14.1. The van der Waals surface area contributed by atoms with Crippen LogP contribution >= 0.6 is 24.0 Å². The first kappa shape index (κ1) is 29.2. The molecule has 0 heterocycles. The van der Waals surface area contributed by atoms with Crippen LogP contribution in [-0.2, 0) is 4.74 Å². The molecule has 0 spiro atoms. The maximum atomic E-state index is 11.6. The Hall–Kier alpha value is -1.75. The highest BCUT2D eigenvalue weighted by molar-refractivity contribution is 14.0. The van der Waals surface area contributed by atoms with E-state index in [9.17, 15) is 9.90 Å². The highest BCUT2D eigenvalue weighted by atomic mass is 127. The third-order valence-electron chi connectivity index (χ3n) is 3.70. The van der Waals surface area contributed by atoms with Crippen LogP contribution in [-0.4, -0.2) is 55.0 Å². The molecule has 0 saturated carbocycles. The Morgan fingerprint density at radius 2 is 1.84 bits per heavy atom. The fourth-order valence-electron chi connectivity index (χ4n) is 2.49. The van der Waals surface area contributed by atoms with Gasteiger partial charge in [0.15, 0.2) is 5.96 Å². The van der Waals surface area contributed by atoms with Gasteiger partial charge in [0.1, 0.15) is 11.4 Å². The highest BCUT2D eigenvalue weighted by Crippen LogP contribution is 2.20. The first-order valence-electron chi connectivity index (χ1n) is 10.5. The molecule has 1 rings (SSSR count). The summed E-state index contributed by atoms with van der Waals surface area (Å²) in [6, 6.07) is 7.43. The number of nitrogens with zero attached hydrogens (tertiary/aromatic N) is 1. The van der Waals surface area contributed by atoms with Gasteiger partial charge < -0.3 is 30.5 Å². The zero-order valence-corrected chi connectivity index (χ0v) is 21.9. The number of aliphatic hydroxyl groups excluding tert-OH is 1. The van der Waals surface area contributed by atoms with Crippen molar-refractivity contribution in [3.8, 4) is 5.75 Å². The Morgan fingerprint density at radius 1 is 1.16 bits per heavy atom. The number of benzene rings is 1. The molecule has 0 aromatic heterocycles. The molecule has 0 radical (unpaired) electrons. The number of carbonyl (C=O) groups is 1. The number of aliphatic hydroxyl groups is 1. The van der Waals surface area contributed by atoms with Gasteiger partial charge in [0, 0.05) is 19.6 Å². The average Bonchev–Trinajstić information content (AvgIpc) is 2.63. The van der Waals surface area contributed by atoms with Gasteiger partial charge in [-0.2, -0.15) is 0 Å². The predicted molar refractivity (Wildman–Crippen MR) is 135 cm³/mol. The van der Waals surface area contributed by atoms with Crippen LogP contribution in [0.1, 0.15) is 59.6 Å². The molecular weight excluding hydrogens is 511 g/mol. The van der Waals surface area contributed by atoms with Crippen molar-refractivity contribution in [2.45, 2.75) is 65.8 Å². The zero-order chi connectivity index (χ0) is 22.6. The van der Waals surface area contributed by atoms with Crippen molar-refractivity contribution >= 4 is 36.0 Å². The van der Waals surface area contributed by atoms with Crippen molar-refractivity contribution in [1.82, 2.24) is 16.0 Å². The number of guanidine groups is 1. The maximum absolute atomic E-state index is 11.6. The lowest BCUT2D eigenvalue weighted by molar-refractivity contribution is 0.0527. The molecule has 1 aromatic carbocycles. The molecule has 0 fully saturated rings. The Morgan fingerprint density at radius 3 is 2.45 bits per heavy atom. The molecule has 31 heavy (non-hydrogen) atoms. The summed E-state index contributed by atoms with van der Waals surface area (Å²) in [5.74, 6) is 1.34. The molecule has 0 aliphatic heterocycles. The van der Waals surface area contributed by atoms with E-state index < -0.39 is 17.8 Å². The van der Waals surface area contributed by atoms with Crippen LogP contribution in [0.15, 0.2) is 29.3 Å². The van der Waals surface area contributed by atoms with E-state index in [2.05, 4.69) is 20.9 Å². The lowest BCUT2D eigenvalue weighted by Gasteiger charge is -2.19. The molecule has 8 nitrogen and oxygen atoms in total. The summed E-state index contributed by atoms with van der Waals surface area (Å²) >= 11 is 0. The summed E-state index contributed by atoms with van der Waals surface area (Å²) in [6.45, 7) is 13.4. The molecule has 1 unspecified atom stereocenters. The Bertz CT molecular complexity index is 678. The first-order valence-corrected chi connectivity index (χ1v) is 10.5. The van der Waals surface area contributed by atoms with E-state index in [-0.39, 0.29) is 36.6 Å². The second-order valence-corrected chi connectivity index (χ2v) is 8.18. The number of alkyl carbamates (subject to hydrolysis) is 1. The van der Waals surface area contributed by atoms with E-state index in [0.717, 1.165) is 11.3 Å². The van der Waals surface area contributed by atoms with Gasteiger partial charge in [-0.05, 0) is 65.7 Å². The number of carbonyl (C=O) groups excluding carboxylic acids is 1. The maximum Gasteiger partial charge on any atom is 0.407 e. The van der Waals surface area contributed by atoms with Crippen molar-refractivity contribution in [2.75, 3.05) is 26.2 Å².